The summed E-state index contributed by atoms with van der Waals surface area (Å²) in [6.45, 7) is 0. The van der Waals surface area contributed by atoms with E-state index in [-0.39, 0.29) is 0 Å². The second-order valence-electron chi connectivity index (χ2n) is 14.3. The molecule has 1 atom stereocenters. The summed E-state index contributed by atoms with van der Waals surface area (Å²) >= 11 is 0. The van der Waals surface area contributed by atoms with Crippen LogP contribution < -0.4 is 5.32 Å². The zero-order valence-electron chi connectivity index (χ0n) is 30.4. The molecule has 1 unspecified atom stereocenters. The fourth-order valence-electron chi connectivity index (χ4n) is 8.37. The molecule has 0 radical (unpaired) electrons. The van der Waals surface area contributed by atoms with Gasteiger partial charge in [-0.1, -0.05) is 176 Å². The van der Waals surface area contributed by atoms with Crippen LogP contribution in [0.25, 0.3) is 71.6 Å². The number of benzene rings is 8. The number of para-hydroxylation sites is 2. The number of hydrogen-bond donors (Lipinski definition) is 1. The lowest BCUT2D eigenvalue weighted by atomic mass is 10.0. The fourth-order valence-corrected chi connectivity index (χ4v) is 8.37. The molecule has 0 saturated heterocycles. The van der Waals surface area contributed by atoms with E-state index in [9.17, 15) is 0 Å². The second-order valence-corrected chi connectivity index (χ2v) is 14.3. The Balaban J connectivity index is 1.15. The first-order chi connectivity index (χ1) is 27.8. The number of hydrogen-bond acceptors (Lipinski definition) is 3. The maximum absolute atomic E-state index is 5.42. The monoisotopic (exact) mass is 717 g/mol. The van der Waals surface area contributed by atoms with Crippen molar-refractivity contribution in [2.45, 2.75) is 6.29 Å². The van der Waals surface area contributed by atoms with Crippen LogP contribution in [0.3, 0.4) is 0 Å². The summed E-state index contributed by atoms with van der Waals surface area (Å²) in [5.74, 6) is 1.46. The number of amidine groups is 2. The molecule has 3 heterocycles. The molecule has 1 aliphatic rings. The van der Waals surface area contributed by atoms with Gasteiger partial charge in [-0.05, 0) is 46.5 Å². The molecular weight excluding hydrogens is 683 g/mol. The summed E-state index contributed by atoms with van der Waals surface area (Å²) in [7, 11) is 0. The van der Waals surface area contributed by atoms with Crippen LogP contribution in [-0.2, 0) is 0 Å². The molecule has 5 heteroatoms. The van der Waals surface area contributed by atoms with E-state index >= 15 is 0 Å². The minimum atomic E-state index is -0.494. The summed E-state index contributed by atoms with van der Waals surface area (Å²) in [4.78, 5) is 10.6. The second kappa shape index (κ2) is 13.1. The standard InChI is InChI=1S/C51H35N5/c1-4-14-34(15-5-1)36-24-26-39(27-25-36)50-52-49(38-18-8-3-9-19-38)53-51(54-50)56-46-23-13-11-21-42(46)44-33-32-43-41-20-10-12-22-45(41)55(47(43)48(44)56)40-30-28-37(29-31-40)35-16-6-2-7-17-35/h1-33,51H,(H,52,53,54). The minimum absolute atomic E-state index is 0.494. The van der Waals surface area contributed by atoms with Crippen molar-refractivity contribution in [1.29, 1.82) is 0 Å². The van der Waals surface area contributed by atoms with Gasteiger partial charge in [-0.3, -0.25) is 4.57 Å². The molecule has 0 amide bonds. The Bertz CT molecular complexity index is 3120. The van der Waals surface area contributed by atoms with Gasteiger partial charge in [0.1, 0.15) is 5.84 Å². The van der Waals surface area contributed by atoms with Crippen LogP contribution in [0, 0.1) is 0 Å². The number of nitrogens with zero attached hydrogens (tertiary/aromatic N) is 4. The summed E-state index contributed by atoms with van der Waals surface area (Å²) in [6, 6.07) is 70.9. The lowest BCUT2D eigenvalue weighted by molar-refractivity contribution is 0.516. The molecule has 56 heavy (non-hydrogen) atoms. The minimum Gasteiger partial charge on any atom is -0.331 e. The van der Waals surface area contributed by atoms with Gasteiger partial charge >= 0.3 is 0 Å². The van der Waals surface area contributed by atoms with Gasteiger partial charge in [-0.2, -0.15) is 0 Å². The van der Waals surface area contributed by atoms with Crippen LogP contribution in [0.2, 0.25) is 0 Å². The Kier molecular flexibility index (Phi) is 7.49. The van der Waals surface area contributed by atoms with Gasteiger partial charge in [-0.15, -0.1) is 0 Å². The maximum atomic E-state index is 5.42. The van der Waals surface area contributed by atoms with E-state index in [1.807, 2.05) is 24.3 Å². The van der Waals surface area contributed by atoms with Gasteiger partial charge in [0.2, 0.25) is 6.29 Å². The van der Waals surface area contributed by atoms with Crippen LogP contribution in [0.5, 0.6) is 0 Å². The lowest BCUT2D eigenvalue weighted by Gasteiger charge is -2.26. The Morgan fingerprint density at radius 2 is 0.839 bits per heavy atom. The van der Waals surface area contributed by atoms with Crippen molar-refractivity contribution in [1.82, 2.24) is 14.5 Å². The van der Waals surface area contributed by atoms with Crippen molar-refractivity contribution < 1.29 is 0 Å². The first-order valence-corrected chi connectivity index (χ1v) is 19.0. The largest absolute Gasteiger partial charge is 0.331 e. The molecular formula is C51H35N5. The van der Waals surface area contributed by atoms with Gasteiger partial charge < -0.3 is 9.88 Å². The zero-order valence-corrected chi connectivity index (χ0v) is 30.4. The molecule has 0 aliphatic carbocycles. The molecule has 1 aliphatic heterocycles. The Morgan fingerprint density at radius 1 is 0.375 bits per heavy atom. The number of nitrogens with one attached hydrogen (secondary N) is 1. The number of rotatable bonds is 6. The van der Waals surface area contributed by atoms with E-state index in [0.717, 1.165) is 50.3 Å². The molecule has 264 valence electrons. The smallest absolute Gasteiger partial charge is 0.204 e. The first-order valence-electron chi connectivity index (χ1n) is 19.0. The van der Waals surface area contributed by atoms with Crippen molar-refractivity contribution in [3.63, 3.8) is 0 Å². The Morgan fingerprint density at radius 3 is 1.46 bits per heavy atom. The third-order valence-electron chi connectivity index (χ3n) is 11.0. The summed E-state index contributed by atoms with van der Waals surface area (Å²) < 4.78 is 4.82. The predicted octanol–water partition coefficient (Wildman–Crippen LogP) is 12.2. The molecule has 8 aromatic carbocycles. The molecule has 11 rings (SSSR count). The van der Waals surface area contributed by atoms with Crippen molar-refractivity contribution >= 4 is 55.3 Å². The highest BCUT2D eigenvalue weighted by atomic mass is 15.3. The van der Waals surface area contributed by atoms with Gasteiger partial charge in [0.05, 0.1) is 22.1 Å². The molecule has 0 bridgehead atoms. The molecule has 1 N–H and O–H groups in total. The van der Waals surface area contributed by atoms with Crippen LogP contribution in [0.4, 0.5) is 0 Å². The summed E-state index contributed by atoms with van der Waals surface area (Å²) in [6.07, 6.45) is -0.494. The van der Waals surface area contributed by atoms with E-state index in [1.165, 1.54) is 38.2 Å². The number of aromatic nitrogens is 2. The van der Waals surface area contributed by atoms with Crippen LogP contribution in [0.1, 0.15) is 17.4 Å². The van der Waals surface area contributed by atoms with E-state index in [0.29, 0.717) is 5.84 Å². The van der Waals surface area contributed by atoms with Crippen molar-refractivity contribution in [2.24, 2.45) is 9.98 Å². The first kappa shape index (κ1) is 32.0. The predicted molar refractivity (Wildman–Crippen MR) is 233 cm³/mol. The SMILES string of the molecule is c1ccc(C2=NC(n3c4ccccc4c4ccc5c6ccccc6n(-c6ccc(-c7ccccc7)cc6)c5c43)NC(c3ccc(-c4ccccc4)cc3)=N2)cc1. The third-order valence-corrected chi connectivity index (χ3v) is 11.0. The van der Waals surface area contributed by atoms with Crippen molar-refractivity contribution in [3.05, 3.63) is 211 Å². The van der Waals surface area contributed by atoms with E-state index in [1.54, 1.807) is 0 Å². The fraction of sp³-hybridized carbons (Fsp3) is 0.0196. The molecule has 0 saturated carbocycles. The summed E-state index contributed by atoms with van der Waals surface area (Å²) in [5.41, 5.74) is 12.3. The average molecular weight is 718 g/mol. The quantitative estimate of drug-likeness (QED) is 0.183. The molecule has 5 nitrogen and oxygen atoms in total. The van der Waals surface area contributed by atoms with Gasteiger partial charge in [0, 0.05) is 38.4 Å². The topological polar surface area (TPSA) is 46.6 Å². The molecule has 2 aromatic heterocycles. The molecule has 10 aromatic rings. The van der Waals surface area contributed by atoms with Gasteiger partial charge in [0.25, 0.3) is 0 Å². The number of aliphatic imine (C=N–C) groups is 2. The van der Waals surface area contributed by atoms with Crippen molar-refractivity contribution in [3.8, 4) is 27.9 Å². The van der Waals surface area contributed by atoms with Gasteiger partial charge in [-0.25, -0.2) is 9.98 Å². The Labute approximate surface area is 324 Å². The average Bonchev–Trinajstić information content (AvgIpc) is 3.80. The zero-order chi connectivity index (χ0) is 37.0. The molecule has 0 fully saturated rings. The number of fused-ring (bicyclic) bond motifs is 7. The van der Waals surface area contributed by atoms with Gasteiger partial charge in [0.15, 0.2) is 5.84 Å². The highest BCUT2D eigenvalue weighted by Crippen LogP contribution is 2.42. The summed E-state index contributed by atoms with van der Waals surface area (Å²) in [5, 5.41) is 8.56. The van der Waals surface area contributed by atoms with E-state index in [4.69, 9.17) is 9.98 Å². The Hall–Kier alpha value is -7.50. The van der Waals surface area contributed by atoms with E-state index < -0.39 is 6.29 Å². The van der Waals surface area contributed by atoms with Crippen LogP contribution in [0.15, 0.2) is 210 Å². The van der Waals surface area contributed by atoms with Crippen molar-refractivity contribution in [2.75, 3.05) is 0 Å². The van der Waals surface area contributed by atoms with Crippen LogP contribution in [-0.4, -0.2) is 20.8 Å². The highest BCUT2D eigenvalue weighted by molar-refractivity contribution is 6.23. The lowest BCUT2D eigenvalue weighted by Crippen LogP contribution is -2.36. The highest BCUT2D eigenvalue weighted by Gasteiger charge is 2.27. The molecule has 0 spiro atoms. The third kappa shape index (κ3) is 5.24. The van der Waals surface area contributed by atoms with Crippen LogP contribution >= 0.6 is 0 Å². The normalized spacial score (nSPS) is 14.2. The maximum Gasteiger partial charge on any atom is 0.204 e. The van der Waals surface area contributed by atoms with E-state index in [2.05, 4.69) is 190 Å².